The van der Waals surface area contributed by atoms with E-state index in [-0.39, 0.29) is 11.4 Å². The van der Waals surface area contributed by atoms with Crippen LogP contribution in [0.25, 0.3) is 0 Å². The van der Waals surface area contributed by atoms with Gasteiger partial charge in [-0.25, -0.2) is 0 Å². The van der Waals surface area contributed by atoms with E-state index in [9.17, 15) is 10.1 Å². The normalized spacial score (nSPS) is 11.9. The predicted octanol–water partition coefficient (Wildman–Crippen LogP) is 1.79. The third-order valence-electron chi connectivity index (χ3n) is 2.04. The number of nitro groups is 1. The van der Waals surface area contributed by atoms with Crippen LogP contribution in [0, 0.1) is 10.1 Å². The fourth-order valence-electron chi connectivity index (χ4n) is 1.19. The van der Waals surface area contributed by atoms with E-state index in [0.29, 0.717) is 5.56 Å². The Balaban J connectivity index is 3.21. The molecule has 0 bridgehead atoms. The molecule has 15 heavy (non-hydrogen) atoms. The van der Waals surface area contributed by atoms with Gasteiger partial charge in [-0.3, -0.25) is 10.1 Å². The van der Waals surface area contributed by atoms with E-state index in [0.717, 1.165) is 0 Å². The van der Waals surface area contributed by atoms with Crippen LogP contribution < -0.4 is 10.5 Å². The lowest BCUT2D eigenvalue weighted by Gasteiger charge is -2.08. The van der Waals surface area contributed by atoms with Gasteiger partial charge in [-0.15, -0.1) is 6.58 Å². The Labute approximate surface area is 87.3 Å². The number of nitrogens with zero attached hydrogens (tertiary/aromatic N) is 1. The number of rotatable bonds is 4. The first-order chi connectivity index (χ1) is 7.10. The Morgan fingerprint density at radius 3 is 2.80 bits per heavy atom. The van der Waals surface area contributed by atoms with E-state index in [2.05, 4.69) is 6.58 Å². The molecular formula is C10H12N2O3. The molecule has 0 fully saturated rings. The lowest BCUT2D eigenvalue weighted by Crippen LogP contribution is -2.07. The van der Waals surface area contributed by atoms with Crippen molar-refractivity contribution in [3.05, 3.63) is 46.5 Å². The summed E-state index contributed by atoms with van der Waals surface area (Å²) in [5.74, 6) is 0.222. The van der Waals surface area contributed by atoms with Gasteiger partial charge in [0.15, 0.2) is 5.75 Å². The molecule has 0 amide bonds. The molecule has 0 aromatic heterocycles. The van der Waals surface area contributed by atoms with Crippen molar-refractivity contribution in [2.45, 2.75) is 6.04 Å². The lowest BCUT2D eigenvalue weighted by atomic mass is 10.1. The van der Waals surface area contributed by atoms with Gasteiger partial charge in [0, 0.05) is 12.1 Å². The minimum atomic E-state index is -0.502. The van der Waals surface area contributed by atoms with E-state index in [1.54, 1.807) is 6.07 Å². The summed E-state index contributed by atoms with van der Waals surface area (Å²) in [4.78, 5) is 10.2. The van der Waals surface area contributed by atoms with Crippen LogP contribution in [0.5, 0.6) is 5.75 Å². The maximum absolute atomic E-state index is 10.7. The van der Waals surface area contributed by atoms with Gasteiger partial charge in [-0.1, -0.05) is 12.1 Å². The quantitative estimate of drug-likeness (QED) is 0.464. The summed E-state index contributed by atoms with van der Waals surface area (Å²) in [5.41, 5.74) is 6.22. The number of hydrogen-bond donors (Lipinski definition) is 1. The zero-order valence-corrected chi connectivity index (χ0v) is 8.34. The van der Waals surface area contributed by atoms with Crippen molar-refractivity contribution in [1.82, 2.24) is 0 Å². The summed E-state index contributed by atoms with van der Waals surface area (Å²) in [5, 5.41) is 10.7. The van der Waals surface area contributed by atoms with Crippen molar-refractivity contribution in [2.24, 2.45) is 5.73 Å². The standard InChI is InChI=1S/C10H12N2O3/c1-3-8(11)7-4-5-10(15-2)9(6-7)12(13)14/h3-6,8H,1,11H2,2H3/t8-/m0/s1. The highest BCUT2D eigenvalue weighted by atomic mass is 16.6. The highest BCUT2D eigenvalue weighted by molar-refractivity contribution is 5.49. The number of methoxy groups -OCH3 is 1. The van der Waals surface area contributed by atoms with Crippen molar-refractivity contribution in [1.29, 1.82) is 0 Å². The average Bonchev–Trinajstić information content (AvgIpc) is 2.27. The van der Waals surface area contributed by atoms with Crippen molar-refractivity contribution >= 4 is 5.69 Å². The molecule has 1 aromatic carbocycles. The number of nitro benzene ring substituents is 1. The third kappa shape index (κ3) is 2.32. The predicted molar refractivity (Wildman–Crippen MR) is 56.8 cm³/mol. The molecule has 1 aromatic rings. The zero-order chi connectivity index (χ0) is 11.4. The van der Waals surface area contributed by atoms with Crippen LogP contribution >= 0.6 is 0 Å². The third-order valence-corrected chi connectivity index (χ3v) is 2.04. The average molecular weight is 208 g/mol. The van der Waals surface area contributed by atoms with Gasteiger partial charge >= 0.3 is 5.69 Å². The van der Waals surface area contributed by atoms with Gasteiger partial charge in [0.25, 0.3) is 0 Å². The second-order valence-electron chi connectivity index (χ2n) is 2.95. The van der Waals surface area contributed by atoms with E-state index < -0.39 is 11.0 Å². The van der Waals surface area contributed by atoms with Gasteiger partial charge in [0.1, 0.15) is 0 Å². The first-order valence-corrected chi connectivity index (χ1v) is 4.30. The Kier molecular flexibility index (Phi) is 3.41. The Bertz CT molecular complexity index is 390. The second kappa shape index (κ2) is 4.56. The second-order valence-corrected chi connectivity index (χ2v) is 2.95. The molecule has 0 heterocycles. The summed E-state index contributed by atoms with van der Waals surface area (Å²) in [6.45, 7) is 3.53. The molecule has 2 N–H and O–H groups in total. The van der Waals surface area contributed by atoms with Crippen molar-refractivity contribution in [2.75, 3.05) is 7.11 Å². The van der Waals surface area contributed by atoms with E-state index in [4.69, 9.17) is 10.5 Å². The number of benzene rings is 1. The minimum Gasteiger partial charge on any atom is -0.490 e. The van der Waals surface area contributed by atoms with Gasteiger partial charge in [-0.05, 0) is 11.6 Å². The molecule has 0 aliphatic carbocycles. The maximum atomic E-state index is 10.7. The molecule has 0 aliphatic rings. The smallest absolute Gasteiger partial charge is 0.311 e. The minimum absolute atomic E-state index is 0.0905. The highest BCUT2D eigenvalue weighted by Gasteiger charge is 2.16. The van der Waals surface area contributed by atoms with Gasteiger partial charge in [-0.2, -0.15) is 0 Å². The molecule has 0 aliphatic heterocycles. The Morgan fingerprint density at radius 2 is 2.33 bits per heavy atom. The monoisotopic (exact) mass is 208 g/mol. The van der Waals surface area contributed by atoms with Crippen molar-refractivity contribution in [3.8, 4) is 5.75 Å². The fraction of sp³-hybridized carbons (Fsp3) is 0.200. The molecule has 5 nitrogen and oxygen atoms in total. The number of nitrogens with two attached hydrogens (primary N) is 1. The molecule has 0 saturated carbocycles. The SMILES string of the molecule is C=C[C@H](N)c1ccc(OC)c([N+](=O)[O-])c1. The Morgan fingerprint density at radius 1 is 1.67 bits per heavy atom. The fourth-order valence-corrected chi connectivity index (χ4v) is 1.19. The van der Waals surface area contributed by atoms with Crippen molar-refractivity contribution < 1.29 is 9.66 Å². The molecule has 1 rings (SSSR count). The van der Waals surface area contributed by atoms with E-state index >= 15 is 0 Å². The molecule has 0 spiro atoms. The van der Waals surface area contributed by atoms with Crippen LogP contribution in [-0.2, 0) is 0 Å². The number of hydrogen-bond acceptors (Lipinski definition) is 4. The first-order valence-electron chi connectivity index (χ1n) is 4.30. The molecule has 0 saturated heterocycles. The Hall–Kier alpha value is -1.88. The topological polar surface area (TPSA) is 78.4 Å². The molecule has 1 atom stereocenters. The largest absolute Gasteiger partial charge is 0.490 e. The molecule has 0 unspecified atom stereocenters. The van der Waals surface area contributed by atoms with Gasteiger partial charge < -0.3 is 10.5 Å². The van der Waals surface area contributed by atoms with Crippen LogP contribution in [0.15, 0.2) is 30.9 Å². The maximum Gasteiger partial charge on any atom is 0.311 e. The van der Waals surface area contributed by atoms with Crippen LogP contribution in [0.2, 0.25) is 0 Å². The summed E-state index contributed by atoms with van der Waals surface area (Å²) < 4.78 is 4.87. The summed E-state index contributed by atoms with van der Waals surface area (Å²) in [6, 6.07) is 4.19. The van der Waals surface area contributed by atoms with Gasteiger partial charge in [0.05, 0.1) is 12.0 Å². The van der Waals surface area contributed by atoms with Crippen LogP contribution in [-0.4, -0.2) is 12.0 Å². The van der Waals surface area contributed by atoms with Gasteiger partial charge in [0.2, 0.25) is 0 Å². The van der Waals surface area contributed by atoms with Crippen molar-refractivity contribution in [3.63, 3.8) is 0 Å². The van der Waals surface area contributed by atoms with Crippen LogP contribution in [0.1, 0.15) is 11.6 Å². The lowest BCUT2D eigenvalue weighted by molar-refractivity contribution is -0.385. The zero-order valence-electron chi connectivity index (χ0n) is 8.34. The van der Waals surface area contributed by atoms with Crippen LogP contribution in [0.4, 0.5) is 5.69 Å². The first kappa shape index (κ1) is 11.2. The molecular weight excluding hydrogens is 196 g/mol. The molecule has 5 heteroatoms. The van der Waals surface area contributed by atoms with Crippen LogP contribution in [0.3, 0.4) is 0 Å². The van der Waals surface area contributed by atoms with E-state index in [1.165, 1.54) is 25.3 Å². The molecule has 0 radical (unpaired) electrons. The summed E-state index contributed by atoms with van der Waals surface area (Å²) in [7, 11) is 1.38. The molecule has 80 valence electrons. The van der Waals surface area contributed by atoms with E-state index in [1.807, 2.05) is 0 Å². The summed E-state index contributed by atoms with van der Waals surface area (Å²) in [6.07, 6.45) is 1.52. The highest BCUT2D eigenvalue weighted by Crippen LogP contribution is 2.29. The number of ether oxygens (including phenoxy) is 1. The summed E-state index contributed by atoms with van der Waals surface area (Å²) >= 11 is 0.